The van der Waals surface area contributed by atoms with Gasteiger partial charge in [-0.2, -0.15) is 0 Å². The van der Waals surface area contributed by atoms with E-state index in [-0.39, 0.29) is 23.0 Å². The average Bonchev–Trinajstić information content (AvgIpc) is 3.10. The van der Waals surface area contributed by atoms with E-state index >= 15 is 0 Å². The van der Waals surface area contributed by atoms with Crippen molar-refractivity contribution >= 4 is 35.0 Å². The number of nitrogens with zero attached hydrogens (tertiary/aromatic N) is 4. The van der Waals surface area contributed by atoms with Crippen LogP contribution in [0.15, 0.2) is 29.4 Å². The number of tetrazole rings is 1. The summed E-state index contributed by atoms with van der Waals surface area (Å²) in [6.07, 6.45) is 7.06. The smallest absolute Gasteiger partial charge is 0.234 e. The van der Waals surface area contributed by atoms with Gasteiger partial charge in [0, 0.05) is 18.4 Å². The Bertz CT molecular complexity index is 939. The predicted molar refractivity (Wildman–Crippen MR) is 114 cm³/mol. The van der Waals surface area contributed by atoms with E-state index < -0.39 is 0 Å². The van der Waals surface area contributed by atoms with Crippen molar-refractivity contribution in [3.8, 4) is 0 Å². The summed E-state index contributed by atoms with van der Waals surface area (Å²) in [5.41, 5.74) is 1.22. The minimum atomic E-state index is -0.186. The van der Waals surface area contributed by atoms with Crippen LogP contribution < -0.4 is 10.6 Å². The first-order valence-corrected chi connectivity index (χ1v) is 11.5. The summed E-state index contributed by atoms with van der Waals surface area (Å²) in [4.78, 5) is 25.5. The molecule has 2 amide bonds. The van der Waals surface area contributed by atoms with Gasteiger partial charge < -0.3 is 10.6 Å². The van der Waals surface area contributed by atoms with Crippen LogP contribution in [0.3, 0.4) is 0 Å². The van der Waals surface area contributed by atoms with Crippen LogP contribution in [-0.4, -0.2) is 37.8 Å². The van der Waals surface area contributed by atoms with Crippen molar-refractivity contribution in [2.24, 2.45) is 30.2 Å². The molecule has 2 N–H and O–H groups in total. The van der Waals surface area contributed by atoms with Crippen molar-refractivity contribution in [2.45, 2.75) is 43.7 Å². The highest BCUT2D eigenvalue weighted by atomic mass is 32.2. The molecule has 4 aliphatic carbocycles. The maximum absolute atomic E-state index is 13.2. The summed E-state index contributed by atoms with van der Waals surface area (Å²) >= 11 is 1.27. The topological polar surface area (TPSA) is 102 Å². The standard InChI is InChI=1S/C21H26N6O2S/c1-27-20(24-25-26-27)30-12-18(28)22-16-3-2-4-17(8-16)23-19(29)21-9-13-5-14(10-21)7-15(6-13)11-21/h2-4,8,13-15H,5-7,9-12H2,1H3,(H,22,28)(H,23,29). The summed E-state index contributed by atoms with van der Waals surface area (Å²) in [5, 5.41) is 17.8. The third kappa shape index (κ3) is 3.82. The predicted octanol–water partition coefficient (Wildman–Crippen LogP) is 3.10. The van der Waals surface area contributed by atoms with Crippen LogP contribution in [0.25, 0.3) is 0 Å². The van der Waals surface area contributed by atoms with Crippen molar-refractivity contribution in [1.29, 1.82) is 0 Å². The number of anilines is 2. The van der Waals surface area contributed by atoms with E-state index in [1.54, 1.807) is 7.05 Å². The molecule has 0 unspecified atom stereocenters. The fourth-order valence-electron chi connectivity index (χ4n) is 6.00. The zero-order chi connectivity index (χ0) is 20.7. The van der Waals surface area contributed by atoms with Gasteiger partial charge in [0.15, 0.2) is 0 Å². The van der Waals surface area contributed by atoms with Gasteiger partial charge in [-0.05, 0) is 84.9 Å². The zero-order valence-electron chi connectivity index (χ0n) is 17.0. The van der Waals surface area contributed by atoms with Gasteiger partial charge >= 0.3 is 0 Å². The Labute approximate surface area is 179 Å². The van der Waals surface area contributed by atoms with Crippen LogP contribution >= 0.6 is 11.8 Å². The van der Waals surface area contributed by atoms with E-state index in [1.165, 1.54) is 35.7 Å². The van der Waals surface area contributed by atoms with Crippen LogP contribution in [0.2, 0.25) is 0 Å². The number of aromatic nitrogens is 4. The first-order valence-electron chi connectivity index (χ1n) is 10.6. The number of amides is 2. The maximum atomic E-state index is 13.2. The Hall–Kier alpha value is -2.42. The Balaban J connectivity index is 1.20. The molecule has 1 aromatic carbocycles. The van der Waals surface area contributed by atoms with Gasteiger partial charge in [-0.1, -0.05) is 17.8 Å². The van der Waals surface area contributed by atoms with Gasteiger partial charge in [-0.3, -0.25) is 9.59 Å². The van der Waals surface area contributed by atoms with E-state index in [9.17, 15) is 9.59 Å². The molecule has 0 spiro atoms. The quantitative estimate of drug-likeness (QED) is 0.688. The number of thioether (sulfide) groups is 1. The lowest BCUT2D eigenvalue weighted by molar-refractivity contribution is -0.140. The molecule has 1 aromatic heterocycles. The van der Waals surface area contributed by atoms with Gasteiger partial charge in [-0.15, -0.1) is 5.10 Å². The van der Waals surface area contributed by atoms with Crippen LogP contribution in [0.5, 0.6) is 0 Å². The van der Waals surface area contributed by atoms with Crippen LogP contribution in [0.4, 0.5) is 11.4 Å². The number of hydrogen-bond donors (Lipinski definition) is 2. The molecule has 2 aromatic rings. The third-order valence-electron chi connectivity index (χ3n) is 6.84. The summed E-state index contributed by atoms with van der Waals surface area (Å²) in [5.74, 6) is 2.42. The largest absolute Gasteiger partial charge is 0.326 e. The highest BCUT2D eigenvalue weighted by molar-refractivity contribution is 7.99. The summed E-state index contributed by atoms with van der Waals surface area (Å²) < 4.78 is 1.53. The van der Waals surface area contributed by atoms with Gasteiger partial charge in [0.25, 0.3) is 0 Å². The van der Waals surface area contributed by atoms with E-state index in [0.29, 0.717) is 10.8 Å². The number of carbonyl (C=O) groups is 2. The molecule has 1 heterocycles. The molecule has 0 aliphatic heterocycles. The molecule has 30 heavy (non-hydrogen) atoms. The second-order valence-electron chi connectivity index (χ2n) is 9.15. The molecule has 158 valence electrons. The number of carbonyl (C=O) groups excluding carboxylic acids is 2. The van der Waals surface area contributed by atoms with Crippen molar-refractivity contribution in [3.05, 3.63) is 24.3 Å². The normalized spacial score (nSPS) is 29.0. The fourth-order valence-corrected chi connectivity index (χ4v) is 6.65. The Morgan fingerprint density at radius 2 is 1.73 bits per heavy atom. The first kappa shape index (κ1) is 19.5. The van der Waals surface area contributed by atoms with Crippen molar-refractivity contribution in [3.63, 3.8) is 0 Å². The lowest BCUT2D eigenvalue weighted by Crippen LogP contribution is -2.51. The Morgan fingerprint density at radius 3 is 2.33 bits per heavy atom. The lowest BCUT2D eigenvalue weighted by Gasteiger charge is -2.55. The van der Waals surface area contributed by atoms with Crippen LogP contribution in [0, 0.1) is 23.2 Å². The molecule has 4 fully saturated rings. The summed E-state index contributed by atoms with van der Waals surface area (Å²) in [6.45, 7) is 0. The second kappa shape index (κ2) is 7.68. The number of benzene rings is 1. The number of nitrogens with one attached hydrogen (secondary N) is 2. The molecular weight excluding hydrogens is 400 g/mol. The molecule has 0 saturated heterocycles. The van der Waals surface area contributed by atoms with E-state index in [4.69, 9.17) is 0 Å². The average molecular weight is 427 g/mol. The Kier molecular flexibility index (Phi) is 5.00. The molecule has 4 aliphatic rings. The third-order valence-corrected chi connectivity index (χ3v) is 7.85. The van der Waals surface area contributed by atoms with E-state index in [2.05, 4.69) is 26.2 Å². The SMILES string of the molecule is Cn1nnnc1SCC(=O)Nc1cccc(NC(=O)C23CC4CC(CC(C4)C2)C3)c1. The second-order valence-corrected chi connectivity index (χ2v) is 10.1. The van der Waals surface area contributed by atoms with E-state index in [1.807, 2.05) is 24.3 Å². The monoisotopic (exact) mass is 426 g/mol. The van der Waals surface area contributed by atoms with Gasteiger partial charge in [0.2, 0.25) is 17.0 Å². The zero-order valence-corrected chi connectivity index (χ0v) is 17.8. The first-order chi connectivity index (χ1) is 14.5. The molecular formula is C21H26N6O2S. The minimum absolute atomic E-state index is 0.146. The molecule has 0 atom stereocenters. The van der Waals surface area contributed by atoms with Gasteiger partial charge in [0.1, 0.15) is 0 Å². The van der Waals surface area contributed by atoms with Crippen molar-refractivity contribution < 1.29 is 9.59 Å². The highest BCUT2D eigenvalue weighted by Crippen LogP contribution is 2.60. The van der Waals surface area contributed by atoms with Crippen molar-refractivity contribution in [1.82, 2.24) is 20.2 Å². The molecule has 6 rings (SSSR count). The maximum Gasteiger partial charge on any atom is 0.234 e. The number of rotatable bonds is 6. The van der Waals surface area contributed by atoms with Crippen LogP contribution in [-0.2, 0) is 16.6 Å². The summed E-state index contributed by atoms with van der Waals surface area (Å²) in [7, 11) is 1.73. The Morgan fingerprint density at radius 1 is 1.10 bits per heavy atom. The van der Waals surface area contributed by atoms with Crippen molar-refractivity contribution in [2.75, 3.05) is 16.4 Å². The molecule has 0 radical (unpaired) electrons. The number of aryl methyl sites for hydroxylation is 1. The summed E-state index contributed by atoms with van der Waals surface area (Å²) in [6, 6.07) is 7.39. The fraction of sp³-hybridized carbons (Fsp3) is 0.571. The number of hydrogen-bond acceptors (Lipinski definition) is 6. The molecule has 8 nitrogen and oxygen atoms in total. The minimum Gasteiger partial charge on any atom is -0.326 e. The molecule has 4 saturated carbocycles. The molecule has 9 heteroatoms. The van der Waals surface area contributed by atoms with Crippen LogP contribution in [0.1, 0.15) is 38.5 Å². The van der Waals surface area contributed by atoms with Gasteiger partial charge in [0.05, 0.1) is 11.2 Å². The lowest BCUT2D eigenvalue weighted by atomic mass is 9.49. The van der Waals surface area contributed by atoms with E-state index in [0.717, 1.165) is 42.7 Å². The van der Waals surface area contributed by atoms with Gasteiger partial charge in [-0.25, -0.2) is 4.68 Å². The molecule has 4 bridgehead atoms. The highest BCUT2D eigenvalue weighted by Gasteiger charge is 2.54.